The van der Waals surface area contributed by atoms with Gasteiger partial charge in [-0.1, -0.05) is 18.2 Å². The normalized spacial score (nSPS) is 32.6. The fraction of sp³-hybridized carbons (Fsp3) is 0.571. The molecule has 1 fully saturated rings. The van der Waals surface area contributed by atoms with Gasteiger partial charge < -0.3 is 10.6 Å². The van der Waals surface area contributed by atoms with Gasteiger partial charge in [0, 0.05) is 12.2 Å². The Morgan fingerprint density at radius 3 is 3.00 bits per heavy atom. The molecule has 2 heterocycles. The third-order valence-electron chi connectivity index (χ3n) is 4.04. The molecule has 3 heteroatoms. The van der Waals surface area contributed by atoms with E-state index >= 15 is 0 Å². The molecule has 0 aliphatic carbocycles. The Labute approximate surface area is 102 Å². The van der Waals surface area contributed by atoms with Crippen LogP contribution in [-0.2, 0) is 6.42 Å². The van der Waals surface area contributed by atoms with Crippen LogP contribution in [0.4, 0.5) is 10.1 Å². The van der Waals surface area contributed by atoms with Gasteiger partial charge in [0.05, 0.1) is 6.04 Å². The van der Waals surface area contributed by atoms with Crippen molar-refractivity contribution >= 4 is 5.69 Å². The molecule has 2 unspecified atom stereocenters. The monoisotopic (exact) mass is 234 g/mol. The predicted octanol–water partition coefficient (Wildman–Crippen LogP) is 2.50. The second-order valence-electron chi connectivity index (χ2n) is 5.21. The zero-order valence-electron chi connectivity index (χ0n) is 10.0. The molecule has 0 amide bonds. The molecule has 0 bridgehead atoms. The molecule has 1 aromatic carbocycles. The molecule has 2 aliphatic rings. The molecular weight excluding hydrogens is 215 g/mol. The second-order valence-corrected chi connectivity index (χ2v) is 5.21. The van der Waals surface area contributed by atoms with E-state index in [9.17, 15) is 4.39 Å². The first kappa shape index (κ1) is 11.0. The van der Waals surface area contributed by atoms with E-state index in [2.05, 4.69) is 22.8 Å². The molecule has 17 heavy (non-hydrogen) atoms. The van der Waals surface area contributed by atoms with E-state index < -0.39 is 5.67 Å². The number of aryl methyl sites for hydroxylation is 1. The summed E-state index contributed by atoms with van der Waals surface area (Å²) in [5.74, 6) is 0. The van der Waals surface area contributed by atoms with E-state index in [1.165, 1.54) is 5.56 Å². The number of alkyl halides is 1. The largest absolute Gasteiger partial charge is 0.379 e. The molecule has 2 nitrogen and oxygen atoms in total. The highest BCUT2D eigenvalue weighted by molar-refractivity contribution is 5.54. The number of halogens is 1. The molecule has 0 saturated carbocycles. The van der Waals surface area contributed by atoms with Gasteiger partial charge >= 0.3 is 0 Å². The van der Waals surface area contributed by atoms with Crippen LogP contribution in [0.3, 0.4) is 0 Å². The number of benzene rings is 1. The maximum Gasteiger partial charge on any atom is 0.143 e. The lowest BCUT2D eigenvalue weighted by atomic mass is 9.82. The maximum absolute atomic E-state index is 14.8. The average molecular weight is 234 g/mol. The summed E-state index contributed by atoms with van der Waals surface area (Å²) in [7, 11) is 0. The Bertz CT molecular complexity index is 399. The number of para-hydroxylation sites is 1. The van der Waals surface area contributed by atoms with Crippen molar-refractivity contribution in [3.05, 3.63) is 29.8 Å². The van der Waals surface area contributed by atoms with Gasteiger partial charge in [-0.15, -0.1) is 0 Å². The van der Waals surface area contributed by atoms with Crippen molar-refractivity contribution in [3.8, 4) is 0 Å². The van der Waals surface area contributed by atoms with E-state index in [4.69, 9.17) is 0 Å². The summed E-state index contributed by atoms with van der Waals surface area (Å²) >= 11 is 0. The van der Waals surface area contributed by atoms with E-state index in [1.54, 1.807) is 0 Å². The predicted molar refractivity (Wildman–Crippen MR) is 68.1 cm³/mol. The first-order valence-corrected chi connectivity index (χ1v) is 6.52. The van der Waals surface area contributed by atoms with Crippen LogP contribution in [0.2, 0.25) is 0 Å². The number of piperidine rings is 1. The average Bonchev–Trinajstić information content (AvgIpc) is 2.39. The van der Waals surface area contributed by atoms with E-state index in [-0.39, 0.29) is 6.04 Å². The van der Waals surface area contributed by atoms with Gasteiger partial charge in [-0.25, -0.2) is 4.39 Å². The van der Waals surface area contributed by atoms with Crippen LogP contribution in [0, 0.1) is 0 Å². The summed E-state index contributed by atoms with van der Waals surface area (Å²) in [6.45, 7) is 1.45. The van der Waals surface area contributed by atoms with Crippen molar-refractivity contribution in [1.29, 1.82) is 0 Å². The molecule has 3 rings (SSSR count). The van der Waals surface area contributed by atoms with E-state index in [1.807, 2.05) is 12.1 Å². The Balaban J connectivity index is 1.79. The summed E-state index contributed by atoms with van der Waals surface area (Å²) in [4.78, 5) is 0. The van der Waals surface area contributed by atoms with Crippen LogP contribution in [0.25, 0.3) is 0 Å². The topological polar surface area (TPSA) is 24.1 Å². The van der Waals surface area contributed by atoms with Crippen molar-refractivity contribution in [2.24, 2.45) is 0 Å². The van der Waals surface area contributed by atoms with Gasteiger partial charge in [-0.3, -0.25) is 0 Å². The number of hydrogen-bond donors (Lipinski definition) is 2. The van der Waals surface area contributed by atoms with Crippen LogP contribution >= 0.6 is 0 Å². The van der Waals surface area contributed by atoms with Crippen molar-refractivity contribution in [1.82, 2.24) is 5.32 Å². The number of hydrogen-bond acceptors (Lipinski definition) is 2. The lowest BCUT2D eigenvalue weighted by Crippen LogP contribution is -2.54. The van der Waals surface area contributed by atoms with Gasteiger partial charge in [0.2, 0.25) is 0 Å². The smallest absolute Gasteiger partial charge is 0.143 e. The second kappa shape index (κ2) is 4.30. The summed E-state index contributed by atoms with van der Waals surface area (Å²) < 4.78 is 14.8. The fourth-order valence-corrected chi connectivity index (χ4v) is 3.02. The SMILES string of the molecule is FC1(C2CCc3ccccc3N2)CCCNC1. The summed E-state index contributed by atoms with van der Waals surface area (Å²) in [6.07, 6.45) is 3.50. The van der Waals surface area contributed by atoms with Crippen molar-refractivity contribution in [2.45, 2.75) is 37.4 Å². The lowest BCUT2D eigenvalue weighted by Gasteiger charge is -2.40. The molecule has 0 radical (unpaired) electrons. The van der Waals surface area contributed by atoms with Crippen LogP contribution in [0.1, 0.15) is 24.8 Å². The molecule has 2 N–H and O–H groups in total. The van der Waals surface area contributed by atoms with Gasteiger partial charge in [-0.2, -0.15) is 0 Å². The van der Waals surface area contributed by atoms with Crippen molar-refractivity contribution in [3.63, 3.8) is 0 Å². The molecule has 2 aliphatic heterocycles. The standard InChI is InChI=1S/C14H19FN2/c15-14(8-3-9-16-10-14)13-7-6-11-4-1-2-5-12(11)17-13/h1-2,4-5,13,16-17H,3,6-10H2. The van der Waals surface area contributed by atoms with Gasteiger partial charge in [0.15, 0.2) is 0 Å². The summed E-state index contributed by atoms with van der Waals surface area (Å²) in [5, 5.41) is 6.57. The molecule has 2 atom stereocenters. The Kier molecular flexibility index (Phi) is 2.79. The maximum atomic E-state index is 14.8. The number of anilines is 1. The van der Waals surface area contributed by atoms with Gasteiger partial charge in [0.1, 0.15) is 5.67 Å². The minimum Gasteiger partial charge on any atom is -0.379 e. The number of nitrogens with one attached hydrogen (secondary N) is 2. The molecule has 0 spiro atoms. The summed E-state index contributed by atoms with van der Waals surface area (Å²) in [6, 6.07) is 8.21. The minimum atomic E-state index is -1.08. The van der Waals surface area contributed by atoms with Gasteiger partial charge in [0.25, 0.3) is 0 Å². The third kappa shape index (κ3) is 2.04. The quantitative estimate of drug-likeness (QED) is 0.780. The highest BCUT2D eigenvalue weighted by Gasteiger charge is 2.41. The van der Waals surface area contributed by atoms with Crippen LogP contribution in [-0.4, -0.2) is 24.8 Å². The minimum absolute atomic E-state index is 0.0369. The fourth-order valence-electron chi connectivity index (χ4n) is 3.02. The van der Waals surface area contributed by atoms with Gasteiger partial charge in [-0.05, 0) is 43.9 Å². The zero-order valence-corrected chi connectivity index (χ0v) is 10.0. The molecule has 1 saturated heterocycles. The molecule has 1 aromatic rings. The van der Waals surface area contributed by atoms with Crippen molar-refractivity contribution in [2.75, 3.05) is 18.4 Å². The highest BCUT2D eigenvalue weighted by atomic mass is 19.1. The van der Waals surface area contributed by atoms with Crippen LogP contribution in [0.5, 0.6) is 0 Å². The number of fused-ring (bicyclic) bond motifs is 1. The zero-order chi connectivity index (χ0) is 11.7. The number of rotatable bonds is 1. The van der Waals surface area contributed by atoms with Crippen LogP contribution in [0.15, 0.2) is 24.3 Å². The molecule has 0 aromatic heterocycles. The molecular formula is C14H19FN2. The lowest BCUT2D eigenvalue weighted by molar-refractivity contribution is 0.0930. The molecule has 92 valence electrons. The summed E-state index contributed by atoms with van der Waals surface area (Å²) in [5.41, 5.74) is 1.36. The Hall–Kier alpha value is -1.09. The Morgan fingerprint density at radius 2 is 2.18 bits per heavy atom. The van der Waals surface area contributed by atoms with Crippen molar-refractivity contribution < 1.29 is 4.39 Å². The Morgan fingerprint density at radius 1 is 1.29 bits per heavy atom. The first-order chi connectivity index (χ1) is 8.28. The third-order valence-corrected chi connectivity index (χ3v) is 4.04. The highest BCUT2D eigenvalue weighted by Crippen LogP contribution is 2.34. The van der Waals surface area contributed by atoms with Crippen LogP contribution < -0.4 is 10.6 Å². The van der Waals surface area contributed by atoms with E-state index in [0.29, 0.717) is 13.0 Å². The van der Waals surface area contributed by atoms with E-state index in [0.717, 1.165) is 31.5 Å². The first-order valence-electron chi connectivity index (χ1n) is 6.52.